The molecule has 0 unspecified atom stereocenters. The van der Waals surface area contributed by atoms with E-state index in [0.717, 1.165) is 43.8 Å². The van der Waals surface area contributed by atoms with E-state index in [-0.39, 0.29) is 127 Å². The van der Waals surface area contributed by atoms with Crippen LogP contribution in [0.15, 0.2) is 161 Å². The summed E-state index contributed by atoms with van der Waals surface area (Å²) in [6.45, 7) is 4.00. The summed E-state index contributed by atoms with van der Waals surface area (Å²) in [5, 5.41) is 66.6. The van der Waals surface area contributed by atoms with Crippen molar-refractivity contribution in [3.63, 3.8) is 0 Å². The van der Waals surface area contributed by atoms with Crippen molar-refractivity contribution in [2.75, 3.05) is 23.0 Å². The van der Waals surface area contributed by atoms with E-state index in [1.54, 1.807) is 42.5 Å². The van der Waals surface area contributed by atoms with Crippen LogP contribution in [0.3, 0.4) is 0 Å². The number of sulfone groups is 1. The van der Waals surface area contributed by atoms with Crippen LogP contribution in [-0.2, 0) is 47.1 Å². The molecule has 2 aliphatic rings. The van der Waals surface area contributed by atoms with Crippen LogP contribution in [0, 0.1) is 78.1 Å². The van der Waals surface area contributed by atoms with E-state index < -0.39 is 52.3 Å². The zero-order valence-electron chi connectivity index (χ0n) is 50.9. The number of nitro benzene ring substituents is 1. The average molecular weight is 1420 g/mol. The number of benzene rings is 7. The maximum Gasteiger partial charge on any atom is 2.00 e. The Morgan fingerprint density at radius 1 is 0.438 bits per heavy atom. The maximum absolute atomic E-state index is 12.0. The Morgan fingerprint density at radius 2 is 0.781 bits per heavy atom. The molecule has 8 bridgehead atoms. The van der Waals surface area contributed by atoms with Crippen LogP contribution in [0.2, 0.25) is 0 Å². The number of fused-ring (bicyclic) bond motifs is 20. The van der Waals surface area contributed by atoms with Gasteiger partial charge in [0.15, 0.2) is 9.84 Å². The third kappa shape index (κ3) is 18.7. The fraction of sp³-hybridized carbons (Fsp3) is 0.125. The molecule has 3 aromatic heterocycles. The molecule has 0 N–H and O–H groups in total. The summed E-state index contributed by atoms with van der Waals surface area (Å²) in [6.07, 6.45) is -0.145. The first-order valence-corrected chi connectivity index (χ1v) is 33.2. The monoisotopic (exact) mass is 1420 g/mol. The van der Waals surface area contributed by atoms with Gasteiger partial charge in [0.05, 0.1) is 86.9 Å². The van der Waals surface area contributed by atoms with Crippen LogP contribution in [0.1, 0.15) is 60.1 Å². The van der Waals surface area contributed by atoms with Gasteiger partial charge in [-0.1, -0.05) is 129 Å². The zero-order chi connectivity index (χ0) is 67.0. The predicted molar refractivity (Wildman–Crippen MR) is 341 cm³/mol. The smallest absolute Gasteiger partial charge is 0.748 e. The Hall–Kier alpha value is -9.12. The normalized spacial score (nSPS) is 10.6. The molecule has 5 heterocycles. The third-order valence-corrected chi connectivity index (χ3v) is 17.8. The van der Waals surface area contributed by atoms with Gasteiger partial charge in [0.25, 0.3) is 5.69 Å². The summed E-state index contributed by atoms with van der Waals surface area (Å²) >= 11 is 1.26. The molecule has 25 nitrogen and oxygen atoms in total. The Morgan fingerprint density at radius 3 is 1.15 bits per heavy atom. The first-order valence-electron chi connectivity index (χ1n) is 27.4. The van der Waals surface area contributed by atoms with E-state index in [9.17, 15) is 44.5 Å². The third-order valence-electron chi connectivity index (χ3n) is 13.3. The first-order chi connectivity index (χ1) is 44.7. The van der Waals surface area contributed by atoms with Crippen molar-refractivity contribution >= 4 is 91.7 Å². The van der Waals surface area contributed by atoms with Crippen LogP contribution in [-0.4, -0.2) is 92.2 Å². The van der Waals surface area contributed by atoms with Crippen molar-refractivity contribution in [1.82, 2.24) is 39.9 Å². The Balaban J connectivity index is 0.000000253. The zero-order valence-corrected chi connectivity index (χ0v) is 59.1. The molecule has 0 saturated heterocycles. The molecule has 2 aliphatic heterocycles. The number of nitriles is 6. The number of nitro groups is 1. The van der Waals surface area contributed by atoms with Crippen molar-refractivity contribution in [3.05, 3.63) is 195 Å². The average Bonchev–Trinajstić information content (AvgIpc) is 1.59. The fourth-order valence-electron chi connectivity index (χ4n) is 9.17. The second-order valence-corrected chi connectivity index (χ2v) is 25.3. The number of thioether (sulfide) groups is 1. The van der Waals surface area contributed by atoms with Gasteiger partial charge in [0.1, 0.15) is 42.0 Å². The van der Waals surface area contributed by atoms with Crippen LogP contribution >= 0.6 is 11.8 Å². The van der Waals surface area contributed by atoms with Gasteiger partial charge in [-0.2, -0.15) is 31.6 Å². The molecule has 1 radical (unpaired) electrons. The number of rotatable bonds is 11. The van der Waals surface area contributed by atoms with Gasteiger partial charge in [-0.05, 0) is 70.5 Å². The van der Waals surface area contributed by atoms with Gasteiger partial charge in [-0.3, -0.25) is 10.1 Å². The standard InChI is InChI=1S/C32H16N8.C11H10N2O5S2.C11H10N2O3S2.C8H3N3O2.C2H6.Cu.2Na/c1-2-10-18-17(9-1)25-33-26(18)38-28-21-13-5-6-14-22(21)30(35-28)40-32-24-16-8-7-15-23(24)31(36-32)39-29-20-12-4-3-11-19(20)27(34-29)37-25;12-7-9-3-1-4-11(10(9)8-13)19(14,15)5-2-6-20(16,17)18;12-7-9-3-1-4-11(10(9)8-13)17-5-2-6-18(14,15)16;9-4-6-2-1-3-8(11(12)13)7(6)5-10;1-2;;;/h1-16H;1,3-4H,2,5-6H2,(H,16,17,18);1,3-4H,2,5-6H2,(H,14,15,16);1-3H;1-2H3;;;/q-2;;;;;+2;2*+1/p-2. The molecule has 96 heavy (non-hydrogen) atoms. The topological polar surface area (TPSA) is 440 Å². The van der Waals surface area contributed by atoms with Crippen LogP contribution in [0.25, 0.3) is 89.7 Å². The van der Waals surface area contributed by atoms with Crippen molar-refractivity contribution < 1.29 is 115 Å². The second kappa shape index (κ2) is 35.0. The Kier molecular flexibility index (Phi) is 28.3. The van der Waals surface area contributed by atoms with Crippen molar-refractivity contribution in [3.8, 4) is 82.0 Å². The second-order valence-electron chi connectivity index (χ2n) is 19.0. The summed E-state index contributed by atoms with van der Waals surface area (Å²) in [6, 6.07) is 55.0. The van der Waals surface area contributed by atoms with E-state index in [2.05, 4.69) is 0 Å². The molecule has 0 spiro atoms. The van der Waals surface area contributed by atoms with Crippen molar-refractivity contribution in [2.45, 2.75) is 36.5 Å². The molecule has 32 heteroatoms. The summed E-state index contributed by atoms with van der Waals surface area (Å²) < 4.78 is 86.5. The van der Waals surface area contributed by atoms with E-state index in [0.29, 0.717) is 62.1 Å². The molecule has 0 saturated carbocycles. The molecule has 7 aromatic carbocycles. The van der Waals surface area contributed by atoms with Gasteiger partial charge in [0, 0.05) is 67.3 Å². The van der Waals surface area contributed by atoms with Gasteiger partial charge in [0.2, 0.25) is 0 Å². The van der Waals surface area contributed by atoms with Gasteiger partial charge in [-0.25, -0.2) is 35.2 Å². The minimum Gasteiger partial charge on any atom is -0.748 e. The van der Waals surface area contributed by atoms with Crippen LogP contribution < -0.4 is 69.1 Å². The van der Waals surface area contributed by atoms with Crippen molar-refractivity contribution in [1.29, 1.82) is 31.6 Å². The Labute approximate surface area is 609 Å². The number of hydrogen-bond donors (Lipinski definition) is 0. The number of aromatic nitrogens is 8. The first kappa shape index (κ1) is 77.6. The molecule has 10 aromatic rings. The molecular weight excluding hydrogens is 1380 g/mol. The molecule has 0 amide bonds. The number of nitrogens with zero attached hydrogens (tertiary/aromatic N) is 15. The van der Waals surface area contributed by atoms with Gasteiger partial charge >= 0.3 is 76.2 Å². The SMILES string of the molecule is CC.N#Cc1cccc(S(=O)(=O)CCCS(=O)(=O)[O-])c1C#N.N#Cc1cccc(SCCCS(=O)(=O)[O-])c1C#N.N#Cc1cccc([N+](=O)[O-])c1C#N.[Cu+2].[Na+].[Na+].c1ccc2c(c1)-c1nc-2nc2[n-]c(nc3nc(nc4[n-]c(n1)c1ccccc41)-c1ccccc1-3)c1ccccc21. The maximum atomic E-state index is 12.0. The number of hydrogen-bond acceptors (Lipinski definition) is 23. The van der Waals surface area contributed by atoms with Crippen LogP contribution in [0.4, 0.5) is 5.69 Å². The molecular formula is C64H43CuN15Na2O10S4. The van der Waals surface area contributed by atoms with E-state index in [1.165, 1.54) is 48.2 Å². The minimum absolute atomic E-state index is 0. The Bertz CT molecular complexity index is 5110. The minimum atomic E-state index is -4.49. The molecule has 0 fully saturated rings. The quantitative estimate of drug-likeness (QED) is 0.0439. The molecule has 471 valence electrons. The molecule has 0 aliphatic carbocycles. The molecule has 12 rings (SSSR count). The largest absolute Gasteiger partial charge is 2.00 e. The van der Waals surface area contributed by atoms with Crippen molar-refractivity contribution in [2.24, 2.45) is 0 Å². The van der Waals surface area contributed by atoms with E-state index in [4.69, 9.17) is 71.4 Å². The van der Waals surface area contributed by atoms with Crippen LogP contribution in [0.5, 0.6) is 0 Å². The van der Waals surface area contributed by atoms with E-state index in [1.807, 2.05) is 123 Å². The summed E-state index contributed by atoms with van der Waals surface area (Å²) in [5.41, 5.74) is 5.51. The predicted octanol–water partition coefficient (Wildman–Crippen LogP) is 4.09. The van der Waals surface area contributed by atoms with Gasteiger partial charge in [-0.15, -0.1) is 11.8 Å². The van der Waals surface area contributed by atoms with E-state index >= 15 is 0 Å². The molecule has 0 atom stereocenters. The van der Waals surface area contributed by atoms with Gasteiger partial charge < -0.3 is 39.0 Å². The summed E-state index contributed by atoms with van der Waals surface area (Å²) in [5.74, 6) is 0.814. The fourth-order valence-corrected chi connectivity index (χ4v) is 13.0. The summed E-state index contributed by atoms with van der Waals surface area (Å²) in [4.78, 5) is 49.3. The summed E-state index contributed by atoms with van der Waals surface area (Å²) in [7, 11) is -12.6.